The Morgan fingerprint density at radius 3 is 2.48 bits per heavy atom. The van der Waals surface area contributed by atoms with Crippen LogP contribution in [0, 0.1) is 5.41 Å². The van der Waals surface area contributed by atoms with Crippen LogP contribution in [0.25, 0.3) is 0 Å². The van der Waals surface area contributed by atoms with Gasteiger partial charge in [-0.2, -0.15) is 0 Å². The molecular weight excluding hydrogens is 333 g/mol. The second-order valence-corrected chi connectivity index (χ2v) is 6.53. The van der Waals surface area contributed by atoms with Crippen molar-refractivity contribution in [1.82, 2.24) is 15.5 Å². The van der Waals surface area contributed by atoms with Crippen molar-refractivity contribution in [3.05, 3.63) is 35.4 Å². The fourth-order valence-corrected chi connectivity index (χ4v) is 2.86. The van der Waals surface area contributed by atoms with Gasteiger partial charge in [-0.15, -0.1) is 24.8 Å². The van der Waals surface area contributed by atoms with Gasteiger partial charge in [0.2, 0.25) is 5.91 Å². The minimum atomic E-state index is -0.269. The second-order valence-electron chi connectivity index (χ2n) is 6.53. The van der Waals surface area contributed by atoms with Crippen molar-refractivity contribution in [3.63, 3.8) is 0 Å². The third kappa shape index (κ3) is 6.30. The average molecular weight is 362 g/mol. The standard InChI is InChI=1S/C17H27N3O.2ClH/c1-17(9-6-10-18-13-17)16(21)19-11-14-7-4-5-8-15(14)12-20(2)3;;/h4-5,7-8,18H,6,9-13H2,1-3H3,(H,19,21);2*1H. The van der Waals surface area contributed by atoms with Crippen LogP contribution in [-0.4, -0.2) is 38.0 Å². The van der Waals surface area contributed by atoms with Gasteiger partial charge < -0.3 is 15.5 Å². The van der Waals surface area contributed by atoms with Gasteiger partial charge in [0.25, 0.3) is 0 Å². The van der Waals surface area contributed by atoms with E-state index in [1.165, 1.54) is 11.1 Å². The highest BCUT2D eigenvalue weighted by molar-refractivity contribution is 5.85. The average Bonchev–Trinajstić information content (AvgIpc) is 2.46. The third-order valence-electron chi connectivity index (χ3n) is 4.19. The Morgan fingerprint density at radius 1 is 1.26 bits per heavy atom. The quantitative estimate of drug-likeness (QED) is 0.846. The van der Waals surface area contributed by atoms with Crippen LogP contribution in [0.2, 0.25) is 0 Å². The molecule has 132 valence electrons. The fourth-order valence-electron chi connectivity index (χ4n) is 2.86. The molecule has 1 heterocycles. The smallest absolute Gasteiger partial charge is 0.227 e. The van der Waals surface area contributed by atoms with Gasteiger partial charge in [0.1, 0.15) is 0 Å². The van der Waals surface area contributed by atoms with Crippen molar-refractivity contribution in [3.8, 4) is 0 Å². The van der Waals surface area contributed by atoms with Gasteiger partial charge in [-0.25, -0.2) is 0 Å². The molecule has 1 aromatic rings. The minimum Gasteiger partial charge on any atom is -0.352 e. The molecule has 0 aliphatic carbocycles. The van der Waals surface area contributed by atoms with E-state index in [-0.39, 0.29) is 36.1 Å². The van der Waals surface area contributed by atoms with Crippen LogP contribution in [0.4, 0.5) is 0 Å². The van der Waals surface area contributed by atoms with Crippen molar-refractivity contribution in [1.29, 1.82) is 0 Å². The molecule has 0 radical (unpaired) electrons. The Kier molecular flexibility index (Phi) is 9.78. The van der Waals surface area contributed by atoms with Gasteiger partial charge in [-0.1, -0.05) is 24.3 Å². The van der Waals surface area contributed by atoms with E-state index in [1.807, 2.05) is 6.07 Å². The van der Waals surface area contributed by atoms with Gasteiger partial charge in [0.15, 0.2) is 0 Å². The Labute approximate surface area is 152 Å². The Morgan fingerprint density at radius 2 is 1.91 bits per heavy atom. The van der Waals surface area contributed by atoms with Crippen molar-refractivity contribution in [2.75, 3.05) is 27.2 Å². The summed E-state index contributed by atoms with van der Waals surface area (Å²) in [5.74, 6) is 0.161. The summed E-state index contributed by atoms with van der Waals surface area (Å²) in [6.07, 6.45) is 2.03. The summed E-state index contributed by atoms with van der Waals surface area (Å²) in [6.45, 7) is 5.36. The third-order valence-corrected chi connectivity index (χ3v) is 4.19. The van der Waals surface area contributed by atoms with Crippen molar-refractivity contribution in [2.24, 2.45) is 5.41 Å². The molecular formula is C17H29Cl2N3O. The molecule has 6 heteroatoms. The molecule has 1 aromatic carbocycles. The van der Waals surface area contributed by atoms with Crippen LogP contribution in [0.5, 0.6) is 0 Å². The normalized spacial score (nSPS) is 20.3. The molecule has 1 unspecified atom stereocenters. The summed E-state index contributed by atoms with van der Waals surface area (Å²) in [7, 11) is 4.12. The number of nitrogens with zero attached hydrogens (tertiary/aromatic N) is 1. The number of nitrogens with one attached hydrogen (secondary N) is 2. The van der Waals surface area contributed by atoms with Gasteiger partial charge >= 0.3 is 0 Å². The highest BCUT2D eigenvalue weighted by Gasteiger charge is 2.34. The number of rotatable bonds is 5. The lowest BCUT2D eigenvalue weighted by atomic mass is 9.82. The van der Waals surface area contributed by atoms with Crippen LogP contribution in [0.1, 0.15) is 30.9 Å². The zero-order valence-electron chi connectivity index (χ0n) is 14.2. The predicted molar refractivity (Wildman–Crippen MR) is 100 cm³/mol. The molecule has 0 spiro atoms. The van der Waals surface area contributed by atoms with Crippen LogP contribution in [0.15, 0.2) is 24.3 Å². The number of carbonyl (C=O) groups excluding carboxylic acids is 1. The molecule has 0 saturated carbocycles. The lowest BCUT2D eigenvalue weighted by Crippen LogP contribution is -2.48. The van der Waals surface area contributed by atoms with E-state index in [1.54, 1.807) is 0 Å². The maximum atomic E-state index is 12.5. The van der Waals surface area contributed by atoms with Gasteiger partial charge in [-0.3, -0.25) is 4.79 Å². The lowest BCUT2D eigenvalue weighted by Gasteiger charge is -2.32. The predicted octanol–water partition coefficient (Wildman–Crippen LogP) is 2.60. The molecule has 1 aliphatic heterocycles. The number of piperidine rings is 1. The van der Waals surface area contributed by atoms with Crippen LogP contribution in [0.3, 0.4) is 0 Å². The monoisotopic (exact) mass is 361 g/mol. The summed E-state index contributed by atoms with van der Waals surface area (Å²) in [6, 6.07) is 8.31. The summed E-state index contributed by atoms with van der Waals surface area (Å²) < 4.78 is 0. The summed E-state index contributed by atoms with van der Waals surface area (Å²) in [5, 5.41) is 6.45. The molecule has 0 bridgehead atoms. The number of halogens is 2. The topological polar surface area (TPSA) is 44.4 Å². The van der Waals surface area contributed by atoms with Crippen molar-refractivity contribution in [2.45, 2.75) is 32.9 Å². The Bertz CT molecular complexity index is 488. The molecule has 4 nitrogen and oxygen atoms in total. The van der Waals surface area contributed by atoms with Crippen LogP contribution >= 0.6 is 24.8 Å². The number of hydrogen-bond acceptors (Lipinski definition) is 3. The highest BCUT2D eigenvalue weighted by atomic mass is 35.5. The first-order valence-corrected chi connectivity index (χ1v) is 7.72. The van der Waals surface area contributed by atoms with E-state index in [0.29, 0.717) is 6.54 Å². The zero-order chi connectivity index (χ0) is 15.3. The van der Waals surface area contributed by atoms with E-state index in [9.17, 15) is 4.79 Å². The number of benzene rings is 1. The van der Waals surface area contributed by atoms with E-state index in [2.05, 4.69) is 54.8 Å². The molecule has 1 aliphatic rings. The first kappa shape index (κ1) is 22.2. The fraction of sp³-hybridized carbons (Fsp3) is 0.588. The van der Waals surface area contributed by atoms with Crippen molar-refractivity contribution < 1.29 is 4.79 Å². The van der Waals surface area contributed by atoms with Crippen LogP contribution in [-0.2, 0) is 17.9 Å². The van der Waals surface area contributed by atoms with Crippen LogP contribution < -0.4 is 10.6 Å². The molecule has 1 fully saturated rings. The van der Waals surface area contributed by atoms with Gasteiger partial charge in [-0.05, 0) is 51.5 Å². The summed E-state index contributed by atoms with van der Waals surface area (Å²) >= 11 is 0. The summed E-state index contributed by atoms with van der Waals surface area (Å²) in [4.78, 5) is 14.6. The summed E-state index contributed by atoms with van der Waals surface area (Å²) in [5.41, 5.74) is 2.20. The van der Waals surface area contributed by atoms with E-state index in [4.69, 9.17) is 0 Å². The molecule has 2 rings (SSSR count). The Hall–Kier alpha value is -0.810. The molecule has 1 amide bonds. The Balaban J connectivity index is 0.00000242. The molecule has 23 heavy (non-hydrogen) atoms. The lowest BCUT2D eigenvalue weighted by molar-refractivity contribution is -0.131. The van der Waals surface area contributed by atoms with Crippen molar-refractivity contribution >= 4 is 30.7 Å². The first-order valence-electron chi connectivity index (χ1n) is 7.72. The number of carbonyl (C=O) groups is 1. The van der Waals surface area contributed by atoms with E-state index >= 15 is 0 Å². The molecule has 1 atom stereocenters. The van der Waals surface area contributed by atoms with E-state index < -0.39 is 0 Å². The first-order chi connectivity index (χ1) is 10.0. The van der Waals surface area contributed by atoms with Gasteiger partial charge in [0.05, 0.1) is 5.41 Å². The van der Waals surface area contributed by atoms with Gasteiger partial charge in [0, 0.05) is 19.6 Å². The SMILES string of the molecule is CN(C)Cc1ccccc1CNC(=O)C1(C)CCCNC1.Cl.Cl. The maximum absolute atomic E-state index is 12.5. The largest absolute Gasteiger partial charge is 0.352 e. The number of hydrogen-bond donors (Lipinski definition) is 2. The maximum Gasteiger partial charge on any atom is 0.227 e. The zero-order valence-corrected chi connectivity index (χ0v) is 15.9. The molecule has 2 N–H and O–H groups in total. The highest BCUT2D eigenvalue weighted by Crippen LogP contribution is 2.25. The number of amides is 1. The van der Waals surface area contributed by atoms with E-state index in [0.717, 1.165) is 32.5 Å². The molecule has 1 saturated heterocycles. The molecule has 0 aromatic heterocycles. The second kappa shape index (κ2) is 10.1. The minimum absolute atomic E-state index is 0.